The monoisotopic (exact) mass is 396 g/mol. The van der Waals surface area contributed by atoms with E-state index >= 15 is 0 Å². The average Bonchev–Trinajstić information content (AvgIpc) is 2.61. The Morgan fingerprint density at radius 2 is 1.89 bits per heavy atom. The zero-order chi connectivity index (χ0) is 21.1. The third-order valence-electron chi connectivity index (χ3n) is 4.84. The minimum atomic E-state index is -0.950. The highest BCUT2D eigenvalue weighted by molar-refractivity contribution is 8.04. The van der Waals surface area contributed by atoms with E-state index in [9.17, 15) is 20.1 Å². The number of anilines is 1. The second-order valence-electron chi connectivity index (χ2n) is 7.58. The molecule has 7 heteroatoms. The minimum Gasteiger partial charge on any atom is -0.325 e. The van der Waals surface area contributed by atoms with Crippen LogP contribution in [0.25, 0.3) is 0 Å². The van der Waals surface area contributed by atoms with E-state index in [4.69, 9.17) is 0 Å². The Morgan fingerprint density at radius 3 is 2.46 bits per heavy atom. The molecule has 0 spiro atoms. The second kappa shape index (κ2) is 8.50. The molecule has 1 aliphatic heterocycles. The van der Waals surface area contributed by atoms with Crippen molar-refractivity contribution in [1.82, 2.24) is 5.32 Å². The molecule has 0 aromatic heterocycles. The molecule has 0 saturated heterocycles. The van der Waals surface area contributed by atoms with Crippen molar-refractivity contribution < 1.29 is 9.59 Å². The van der Waals surface area contributed by atoms with Crippen LogP contribution in [0, 0.1) is 34.0 Å². The van der Waals surface area contributed by atoms with Gasteiger partial charge in [-0.15, -0.1) is 0 Å². The Kier molecular flexibility index (Phi) is 6.53. The number of carbonyl (C=O) groups is 2. The summed E-state index contributed by atoms with van der Waals surface area (Å²) in [6.45, 7) is 9.22. The lowest BCUT2D eigenvalue weighted by molar-refractivity contribution is -0.125. The number of allylic oxidation sites excluding steroid dienone is 1. The van der Waals surface area contributed by atoms with Crippen molar-refractivity contribution in [2.45, 2.75) is 45.8 Å². The molecular formula is C21H24N4O2S. The Balaban J connectivity index is 2.24. The summed E-state index contributed by atoms with van der Waals surface area (Å²) in [5, 5.41) is 24.2. The largest absolute Gasteiger partial charge is 0.325 e. The van der Waals surface area contributed by atoms with Gasteiger partial charge < -0.3 is 10.6 Å². The molecule has 146 valence electrons. The Hall–Kier alpha value is -2.77. The molecule has 6 nitrogen and oxygen atoms in total. The quantitative estimate of drug-likeness (QED) is 0.785. The number of nitriles is 2. The first-order valence-corrected chi connectivity index (χ1v) is 9.93. The molecule has 0 aliphatic carbocycles. The Bertz CT molecular complexity index is 906. The van der Waals surface area contributed by atoms with Crippen molar-refractivity contribution >= 4 is 29.3 Å². The van der Waals surface area contributed by atoms with Gasteiger partial charge in [0.15, 0.2) is 0 Å². The third-order valence-corrected chi connectivity index (χ3v) is 5.95. The maximum absolute atomic E-state index is 12.7. The zero-order valence-corrected chi connectivity index (χ0v) is 17.5. The second-order valence-corrected chi connectivity index (χ2v) is 8.93. The van der Waals surface area contributed by atoms with Crippen molar-refractivity contribution in [3.63, 3.8) is 0 Å². The number of para-hydroxylation sites is 1. The smallest absolute Gasteiger partial charge is 0.243 e. The standard InChI is InChI=1S/C21H24N4O2S/c1-12(2)14-8-6-7-9-17(14)24-18(26)13(3)28-20-16(11-23)21(4,5)15(10-22)19(27)25-20/h6-9,12-13,15H,1-5H3,(H,24,26)(H,25,27)/t13-,15+/m0/s1. The summed E-state index contributed by atoms with van der Waals surface area (Å²) in [4.78, 5) is 25.0. The molecule has 28 heavy (non-hydrogen) atoms. The van der Waals surface area contributed by atoms with E-state index in [1.54, 1.807) is 20.8 Å². The van der Waals surface area contributed by atoms with Gasteiger partial charge in [0.2, 0.25) is 11.8 Å². The first-order chi connectivity index (χ1) is 13.1. The molecule has 0 radical (unpaired) electrons. The van der Waals surface area contributed by atoms with Gasteiger partial charge in [0.25, 0.3) is 0 Å². The van der Waals surface area contributed by atoms with Crippen molar-refractivity contribution in [3.8, 4) is 12.1 Å². The molecule has 0 unspecified atom stereocenters. The summed E-state index contributed by atoms with van der Waals surface area (Å²) < 4.78 is 0. The number of thioether (sulfide) groups is 1. The summed E-state index contributed by atoms with van der Waals surface area (Å²) in [5.41, 5.74) is 1.18. The summed E-state index contributed by atoms with van der Waals surface area (Å²) in [5.74, 6) is -1.37. The highest BCUT2D eigenvalue weighted by Gasteiger charge is 2.45. The van der Waals surface area contributed by atoms with E-state index in [-0.39, 0.29) is 11.8 Å². The van der Waals surface area contributed by atoms with Crippen molar-refractivity contribution in [1.29, 1.82) is 10.5 Å². The number of hydrogen-bond acceptors (Lipinski definition) is 5. The van der Waals surface area contributed by atoms with Crippen LogP contribution in [0.2, 0.25) is 0 Å². The number of amides is 2. The minimum absolute atomic E-state index is 0.225. The van der Waals surface area contributed by atoms with Crippen LogP contribution in [0.15, 0.2) is 34.9 Å². The molecular weight excluding hydrogens is 372 g/mol. The molecule has 0 fully saturated rings. The van der Waals surface area contributed by atoms with Gasteiger partial charge in [0, 0.05) is 11.1 Å². The topological polar surface area (TPSA) is 106 Å². The van der Waals surface area contributed by atoms with Gasteiger partial charge >= 0.3 is 0 Å². The number of carbonyl (C=O) groups excluding carboxylic acids is 2. The molecule has 2 rings (SSSR count). The van der Waals surface area contributed by atoms with Crippen molar-refractivity contribution in [3.05, 3.63) is 40.4 Å². The van der Waals surface area contributed by atoms with Crippen LogP contribution < -0.4 is 10.6 Å². The molecule has 0 bridgehead atoms. The number of nitrogens with one attached hydrogen (secondary N) is 2. The predicted molar refractivity (Wildman–Crippen MR) is 110 cm³/mol. The predicted octanol–water partition coefficient (Wildman–Crippen LogP) is 3.90. The van der Waals surface area contributed by atoms with Gasteiger partial charge in [0.1, 0.15) is 5.92 Å². The third kappa shape index (κ3) is 4.21. The van der Waals surface area contributed by atoms with E-state index in [1.165, 1.54) is 0 Å². The fourth-order valence-corrected chi connectivity index (χ4v) is 4.20. The molecule has 1 aliphatic rings. The van der Waals surface area contributed by atoms with Crippen LogP contribution in [0.4, 0.5) is 5.69 Å². The lowest BCUT2D eigenvalue weighted by atomic mass is 9.72. The maximum Gasteiger partial charge on any atom is 0.243 e. The molecule has 1 heterocycles. The van der Waals surface area contributed by atoms with Gasteiger partial charge in [-0.25, -0.2) is 0 Å². The molecule has 2 amide bonds. The maximum atomic E-state index is 12.7. The van der Waals surface area contributed by atoms with Crippen LogP contribution in [0.1, 0.15) is 46.1 Å². The summed E-state index contributed by atoms with van der Waals surface area (Å²) in [7, 11) is 0. The van der Waals surface area contributed by atoms with Gasteiger partial charge in [-0.2, -0.15) is 10.5 Å². The van der Waals surface area contributed by atoms with Gasteiger partial charge in [-0.3, -0.25) is 9.59 Å². The lowest BCUT2D eigenvalue weighted by Crippen LogP contribution is -2.45. The van der Waals surface area contributed by atoms with Crippen LogP contribution in [-0.4, -0.2) is 17.1 Å². The summed E-state index contributed by atoms with van der Waals surface area (Å²) >= 11 is 1.12. The summed E-state index contributed by atoms with van der Waals surface area (Å²) in [6.07, 6.45) is 0. The molecule has 0 saturated carbocycles. The lowest BCUT2D eigenvalue weighted by Gasteiger charge is -2.35. The van der Waals surface area contributed by atoms with Gasteiger partial charge in [0.05, 0.1) is 28.0 Å². The van der Waals surface area contributed by atoms with Crippen LogP contribution in [-0.2, 0) is 9.59 Å². The fourth-order valence-electron chi connectivity index (χ4n) is 3.09. The molecule has 1 aromatic rings. The number of hydrogen-bond donors (Lipinski definition) is 2. The number of nitrogens with zero attached hydrogens (tertiary/aromatic N) is 2. The Morgan fingerprint density at radius 1 is 1.25 bits per heavy atom. The van der Waals surface area contributed by atoms with Crippen LogP contribution >= 0.6 is 11.8 Å². The van der Waals surface area contributed by atoms with Crippen LogP contribution in [0.3, 0.4) is 0 Å². The SMILES string of the molecule is CC(C)c1ccccc1NC(=O)[C@H](C)SC1=C(C#N)C(C)(C)[C@H](C#N)C(=O)N1. The first kappa shape index (κ1) is 21.5. The Labute approximate surface area is 170 Å². The fraction of sp³-hybridized carbons (Fsp3) is 0.429. The van der Waals surface area contributed by atoms with Crippen molar-refractivity contribution in [2.75, 3.05) is 5.32 Å². The van der Waals surface area contributed by atoms with E-state index < -0.39 is 22.5 Å². The molecule has 2 N–H and O–H groups in total. The molecule has 1 aromatic carbocycles. The average molecular weight is 397 g/mol. The number of benzene rings is 1. The van der Waals surface area contributed by atoms with E-state index in [1.807, 2.05) is 30.3 Å². The first-order valence-electron chi connectivity index (χ1n) is 9.05. The van der Waals surface area contributed by atoms with Crippen molar-refractivity contribution in [2.24, 2.45) is 11.3 Å². The highest BCUT2D eigenvalue weighted by Crippen LogP contribution is 2.42. The zero-order valence-electron chi connectivity index (χ0n) is 16.7. The van der Waals surface area contributed by atoms with Gasteiger partial charge in [-0.05, 0) is 24.5 Å². The van der Waals surface area contributed by atoms with E-state index in [2.05, 4.69) is 30.6 Å². The summed E-state index contributed by atoms with van der Waals surface area (Å²) in [6, 6.07) is 11.7. The number of rotatable bonds is 5. The highest BCUT2D eigenvalue weighted by atomic mass is 32.2. The molecule has 2 atom stereocenters. The normalized spacial score (nSPS) is 19.4. The van der Waals surface area contributed by atoms with Gasteiger partial charge in [-0.1, -0.05) is 57.7 Å². The van der Waals surface area contributed by atoms with Crippen LogP contribution in [0.5, 0.6) is 0 Å². The van der Waals surface area contributed by atoms with E-state index in [0.29, 0.717) is 10.6 Å². The van der Waals surface area contributed by atoms with E-state index in [0.717, 1.165) is 23.0 Å².